The van der Waals surface area contributed by atoms with Crippen LogP contribution in [0.5, 0.6) is 0 Å². The van der Waals surface area contributed by atoms with Gasteiger partial charge in [-0.3, -0.25) is 0 Å². The molecule has 0 fully saturated rings. The highest BCUT2D eigenvalue weighted by Gasteiger charge is 2.24. The molecule has 3 rings (SSSR count). The Labute approximate surface area is 154 Å². The fraction of sp³-hybridized carbons (Fsp3) is 0.440. The van der Waals surface area contributed by atoms with Crippen molar-refractivity contribution < 1.29 is 0 Å². The molecule has 1 aliphatic carbocycles. The number of benzene rings is 2. The van der Waals surface area contributed by atoms with Crippen molar-refractivity contribution in [3.05, 3.63) is 63.2 Å². The Hall–Kier alpha value is -1.82. The molecule has 0 aliphatic heterocycles. The molecule has 2 aromatic rings. The van der Waals surface area contributed by atoms with E-state index < -0.39 is 0 Å². The number of hydrogen-bond donors (Lipinski definition) is 0. The summed E-state index contributed by atoms with van der Waals surface area (Å²) in [5.41, 5.74) is 13.3. The second kappa shape index (κ2) is 6.16. The van der Waals surface area contributed by atoms with E-state index in [4.69, 9.17) is 0 Å². The van der Waals surface area contributed by atoms with Crippen LogP contribution in [0.4, 0.5) is 0 Å². The average Bonchev–Trinajstić information content (AvgIpc) is 2.98. The van der Waals surface area contributed by atoms with Gasteiger partial charge in [-0.2, -0.15) is 0 Å². The molecule has 0 spiro atoms. The summed E-state index contributed by atoms with van der Waals surface area (Å²) < 4.78 is 0. The fourth-order valence-corrected chi connectivity index (χ4v) is 3.96. The van der Waals surface area contributed by atoms with Crippen LogP contribution in [0.1, 0.15) is 68.0 Å². The Balaban J connectivity index is 2.20. The van der Waals surface area contributed by atoms with Crippen LogP contribution in [0, 0.1) is 26.7 Å². The summed E-state index contributed by atoms with van der Waals surface area (Å²) in [6, 6.07) is 9.25. The Morgan fingerprint density at radius 2 is 1.44 bits per heavy atom. The molecule has 0 unspecified atom stereocenters. The number of allylic oxidation sites excluding steroid dienone is 1. The molecule has 1 aliphatic rings. The second-order valence-electron chi connectivity index (χ2n) is 9.02. The molecule has 0 heterocycles. The Kier molecular flexibility index (Phi) is 4.43. The third kappa shape index (κ3) is 3.08. The van der Waals surface area contributed by atoms with Gasteiger partial charge in [0, 0.05) is 0 Å². The minimum absolute atomic E-state index is 0.198. The first-order valence-electron chi connectivity index (χ1n) is 9.55. The highest BCUT2D eigenvalue weighted by Crippen LogP contribution is 2.42. The monoisotopic (exact) mass is 332 g/mol. The van der Waals surface area contributed by atoms with Gasteiger partial charge in [0.15, 0.2) is 0 Å². The third-order valence-electron chi connectivity index (χ3n) is 6.04. The second-order valence-corrected chi connectivity index (χ2v) is 9.02. The topological polar surface area (TPSA) is 0 Å². The molecule has 0 saturated heterocycles. The zero-order chi connectivity index (χ0) is 18.5. The first-order chi connectivity index (χ1) is 11.6. The van der Waals surface area contributed by atoms with Gasteiger partial charge < -0.3 is 0 Å². The molecule has 0 aromatic heterocycles. The molecule has 0 atom stereocenters. The van der Waals surface area contributed by atoms with Gasteiger partial charge >= 0.3 is 0 Å². The number of fused-ring (bicyclic) bond motifs is 1. The van der Waals surface area contributed by atoms with Crippen molar-refractivity contribution in [2.45, 2.75) is 67.2 Å². The lowest BCUT2D eigenvalue weighted by Crippen LogP contribution is -2.10. The van der Waals surface area contributed by atoms with E-state index in [1.165, 1.54) is 38.9 Å². The fourth-order valence-electron chi connectivity index (χ4n) is 3.96. The smallest absolute Gasteiger partial charge is 0.00523 e. The van der Waals surface area contributed by atoms with E-state index in [1.54, 1.807) is 11.1 Å². The molecular formula is C25H32. The normalized spacial score (nSPS) is 14.0. The van der Waals surface area contributed by atoms with Crippen LogP contribution in [0.15, 0.2) is 29.8 Å². The lowest BCUT2D eigenvalue weighted by molar-refractivity contribution is 0.590. The van der Waals surface area contributed by atoms with Gasteiger partial charge in [0.25, 0.3) is 0 Å². The van der Waals surface area contributed by atoms with Crippen LogP contribution < -0.4 is 0 Å². The van der Waals surface area contributed by atoms with Crippen molar-refractivity contribution in [1.29, 1.82) is 0 Å². The van der Waals surface area contributed by atoms with Crippen LogP contribution in [0.25, 0.3) is 17.2 Å². The molecule has 0 N–H and O–H groups in total. The van der Waals surface area contributed by atoms with E-state index in [2.05, 4.69) is 85.7 Å². The maximum Gasteiger partial charge on any atom is -0.00523 e. The van der Waals surface area contributed by atoms with Gasteiger partial charge in [-0.15, -0.1) is 0 Å². The standard InChI is InChI=1S/C25H32/c1-15(2)20-13-22-17(4)16(3)18(5)24(23(22)14-20)19-9-11-21(12-10-19)25(6,7)8/h9-12,14-15H,13H2,1-8H3. The molecule has 25 heavy (non-hydrogen) atoms. The van der Waals surface area contributed by atoms with Crippen LogP contribution in [-0.2, 0) is 11.8 Å². The molecular weight excluding hydrogens is 300 g/mol. The summed E-state index contributed by atoms with van der Waals surface area (Å²) >= 11 is 0. The third-order valence-corrected chi connectivity index (χ3v) is 6.04. The van der Waals surface area contributed by atoms with Crippen molar-refractivity contribution in [2.75, 3.05) is 0 Å². The van der Waals surface area contributed by atoms with E-state index >= 15 is 0 Å². The summed E-state index contributed by atoms with van der Waals surface area (Å²) in [6.45, 7) is 18.3. The van der Waals surface area contributed by atoms with Crippen molar-refractivity contribution in [3.63, 3.8) is 0 Å². The maximum absolute atomic E-state index is 2.46. The van der Waals surface area contributed by atoms with Gasteiger partial charge in [-0.1, -0.05) is 70.5 Å². The SMILES string of the molecule is Cc1c(C)c2c(c(-c3ccc(C(C)(C)C)cc3)c1C)C=C(C(C)C)C2. The predicted molar refractivity (Wildman–Crippen MR) is 111 cm³/mol. The molecule has 132 valence electrons. The van der Waals surface area contributed by atoms with E-state index in [9.17, 15) is 0 Å². The minimum atomic E-state index is 0.198. The van der Waals surface area contributed by atoms with E-state index in [-0.39, 0.29) is 5.41 Å². The maximum atomic E-state index is 2.46. The van der Waals surface area contributed by atoms with Crippen LogP contribution in [0.2, 0.25) is 0 Å². The molecule has 0 heteroatoms. The zero-order valence-electron chi connectivity index (χ0n) is 17.2. The van der Waals surface area contributed by atoms with E-state index in [1.807, 2.05) is 0 Å². The van der Waals surface area contributed by atoms with Gasteiger partial charge in [0.1, 0.15) is 0 Å². The van der Waals surface area contributed by atoms with Crippen LogP contribution >= 0.6 is 0 Å². The van der Waals surface area contributed by atoms with Crippen molar-refractivity contribution in [3.8, 4) is 11.1 Å². The van der Waals surface area contributed by atoms with Gasteiger partial charge in [0.2, 0.25) is 0 Å². The lowest BCUT2D eigenvalue weighted by atomic mass is 9.83. The van der Waals surface area contributed by atoms with Crippen LogP contribution in [-0.4, -0.2) is 0 Å². The number of hydrogen-bond acceptors (Lipinski definition) is 0. The molecule has 0 saturated carbocycles. The molecule has 0 amide bonds. The molecule has 0 radical (unpaired) electrons. The van der Waals surface area contributed by atoms with E-state index in [0.717, 1.165) is 6.42 Å². The highest BCUT2D eigenvalue weighted by atomic mass is 14.3. The Morgan fingerprint density at radius 3 is 1.96 bits per heavy atom. The summed E-state index contributed by atoms with van der Waals surface area (Å²) in [4.78, 5) is 0. The van der Waals surface area contributed by atoms with Crippen molar-refractivity contribution in [2.24, 2.45) is 5.92 Å². The quantitative estimate of drug-likeness (QED) is 0.546. The summed E-state index contributed by atoms with van der Waals surface area (Å²) in [5.74, 6) is 0.614. The minimum Gasteiger partial charge on any atom is -0.0626 e. The van der Waals surface area contributed by atoms with Crippen molar-refractivity contribution in [1.82, 2.24) is 0 Å². The molecule has 2 aromatic carbocycles. The summed E-state index contributed by atoms with van der Waals surface area (Å²) in [5, 5.41) is 0. The Bertz CT molecular complexity index is 837. The number of rotatable bonds is 2. The van der Waals surface area contributed by atoms with Crippen molar-refractivity contribution >= 4 is 6.08 Å². The Morgan fingerprint density at radius 1 is 0.840 bits per heavy atom. The van der Waals surface area contributed by atoms with Gasteiger partial charge in [0.05, 0.1) is 0 Å². The molecule has 0 nitrogen and oxygen atoms in total. The van der Waals surface area contributed by atoms with Gasteiger partial charge in [-0.05, 0) is 83.0 Å². The average molecular weight is 333 g/mol. The highest BCUT2D eigenvalue weighted by molar-refractivity contribution is 5.85. The molecule has 0 bridgehead atoms. The first kappa shape index (κ1) is 18.0. The summed E-state index contributed by atoms with van der Waals surface area (Å²) in [6.07, 6.45) is 3.58. The summed E-state index contributed by atoms with van der Waals surface area (Å²) in [7, 11) is 0. The van der Waals surface area contributed by atoms with Gasteiger partial charge in [-0.25, -0.2) is 0 Å². The largest absolute Gasteiger partial charge is 0.0626 e. The van der Waals surface area contributed by atoms with Crippen LogP contribution in [0.3, 0.4) is 0 Å². The first-order valence-corrected chi connectivity index (χ1v) is 9.55. The lowest BCUT2D eigenvalue weighted by Gasteiger charge is -2.21. The predicted octanol–water partition coefficient (Wildman–Crippen LogP) is 7.17. The van der Waals surface area contributed by atoms with E-state index in [0.29, 0.717) is 5.92 Å². The zero-order valence-corrected chi connectivity index (χ0v) is 17.2.